The highest BCUT2D eigenvalue weighted by Gasteiger charge is 2.56. The zero-order valence-electron chi connectivity index (χ0n) is 9.45. The summed E-state index contributed by atoms with van der Waals surface area (Å²) >= 11 is 5.85. The van der Waals surface area contributed by atoms with E-state index in [9.17, 15) is 14.7 Å². The Morgan fingerprint density at radius 1 is 1.47 bits per heavy atom. The van der Waals surface area contributed by atoms with Gasteiger partial charge in [-0.05, 0) is 32.0 Å². The summed E-state index contributed by atoms with van der Waals surface area (Å²) in [5.74, 6) is -0.605. The van der Waals surface area contributed by atoms with Crippen LogP contribution in [0.4, 0.5) is 5.69 Å². The van der Waals surface area contributed by atoms with E-state index in [1.54, 1.807) is 12.1 Å². The van der Waals surface area contributed by atoms with Gasteiger partial charge >= 0.3 is 0 Å². The second-order valence-corrected chi connectivity index (χ2v) is 5.13. The number of nitrogens with one attached hydrogen (secondary N) is 1. The van der Waals surface area contributed by atoms with Gasteiger partial charge in [0, 0.05) is 16.3 Å². The van der Waals surface area contributed by atoms with Crippen molar-refractivity contribution in [3.8, 4) is 0 Å². The van der Waals surface area contributed by atoms with E-state index in [1.165, 1.54) is 19.9 Å². The molecule has 0 fully saturated rings. The van der Waals surface area contributed by atoms with E-state index in [-0.39, 0.29) is 0 Å². The van der Waals surface area contributed by atoms with Gasteiger partial charge in [-0.1, -0.05) is 11.6 Å². The van der Waals surface area contributed by atoms with Crippen LogP contribution in [-0.4, -0.2) is 17.3 Å². The predicted molar refractivity (Wildman–Crippen MR) is 63.8 cm³/mol. The number of carbonyl (C=O) groups is 2. The molecule has 0 radical (unpaired) electrons. The molecule has 2 N–H and O–H groups in total. The number of aldehydes is 1. The van der Waals surface area contributed by atoms with E-state index in [0.717, 1.165) is 0 Å². The first kappa shape index (κ1) is 12.1. The number of carbonyl (C=O) groups excluding carboxylic acids is 2. The number of hydrogen-bond donors (Lipinski definition) is 2. The third-order valence-corrected chi connectivity index (χ3v) is 3.41. The number of benzene rings is 1. The number of anilines is 1. The Morgan fingerprint density at radius 2 is 2.12 bits per heavy atom. The predicted octanol–water partition coefficient (Wildman–Crippen LogP) is 1.70. The number of rotatable bonds is 2. The van der Waals surface area contributed by atoms with Gasteiger partial charge < -0.3 is 15.2 Å². The van der Waals surface area contributed by atoms with Gasteiger partial charge in [0.25, 0.3) is 5.91 Å². The van der Waals surface area contributed by atoms with Crippen molar-refractivity contribution in [3.05, 3.63) is 28.8 Å². The molecule has 0 saturated heterocycles. The van der Waals surface area contributed by atoms with E-state index in [4.69, 9.17) is 11.6 Å². The molecule has 1 aliphatic rings. The summed E-state index contributed by atoms with van der Waals surface area (Å²) in [7, 11) is 0. The van der Waals surface area contributed by atoms with Crippen molar-refractivity contribution < 1.29 is 14.7 Å². The van der Waals surface area contributed by atoms with Crippen molar-refractivity contribution in [2.75, 3.05) is 5.32 Å². The molecule has 1 aliphatic heterocycles. The molecule has 5 heteroatoms. The molecule has 17 heavy (non-hydrogen) atoms. The van der Waals surface area contributed by atoms with Gasteiger partial charge in [-0.3, -0.25) is 4.79 Å². The molecule has 0 bridgehead atoms. The molecule has 0 aliphatic carbocycles. The quantitative estimate of drug-likeness (QED) is 0.789. The number of halogens is 1. The lowest BCUT2D eigenvalue weighted by Gasteiger charge is -2.33. The summed E-state index contributed by atoms with van der Waals surface area (Å²) in [5, 5.41) is 13.5. The molecule has 0 saturated carbocycles. The third kappa shape index (κ3) is 1.48. The molecule has 0 spiro atoms. The van der Waals surface area contributed by atoms with Crippen LogP contribution >= 0.6 is 11.6 Å². The topological polar surface area (TPSA) is 66.4 Å². The standard InChI is InChI=1S/C12H12ClNO3/c1-11(2,6-15)12(17)8-5-7(13)3-4-9(8)14-10(12)16/h3-6,17H,1-2H3,(H,14,16)/t12-/m1/s1. The average molecular weight is 254 g/mol. The smallest absolute Gasteiger partial charge is 0.262 e. The molecule has 0 aromatic heterocycles. The molecule has 4 nitrogen and oxygen atoms in total. The number of hydrogen-bond acceptors (Lipinski definition) is 3. The van der Waals surface area contributed by atoms with Gasteiger partial charge in [-0.15, -0.1) is 0 Å². The molecule has 1 amide bonds. The number of fused-ring (bicyclic) bond motifs is 1. The van der Waals surface area contributed by atoms with E-state index in [1.807, 2.05) is 0 Å². The highest BCUT2D eigenvalue weighted by atomic mass is 35.5. The van der Waals surface area contributed by atoms with Crippen molar-refractivity contribution in [1.82, 2.24) is 0 Å². The second-order valence-electron chi connectivity index (χ2n) is 4.69. The fourth-order valence-electron chi connectivity index (χ4n) is 1.98. The van der Waals surface area contributed by atoms with E-state index in [2.05, 4.69) is 5.32 Å². The third-order valence-electron chi connectivity index (χ3n) is 3.18. The van der Waals surface area contributed by atoms with Crippen molar-refractivity contribution in [2.24, 2.45) is 5.41 Å². The van der Waals surface area contributed by atoms with Crippen LogP contribution in [0.2, 0.25) is 5.02 Å². The van der Waals surface area contributed by atoms with Crippen molar-refractivity contribution in [3.63, 3.8) is 0 Å². The average Bonchev–Trinajstić information content (AvgIpc) is 2.54. The first-order valence-electron chi connectivity index (χ1n) is 5.13. The van der Waals surface area contributed by atoms with Gasteiger partial charge in [-0.2, -0.15) is 0 Å². The molecule has 1 atom stereocenters. The fraction of sp³-hybridized carbons (Fsp3) is 0.333. The van der Waals surface area contributed by atoms with Gasteiger partial charge in [0.05, 0.1) is 5.41 Å². The van der Waals surface area contributed by atoms with Crippen LogP contribution in [0.3, 0.4) is 0 Å². The van der Waals surface area contributed by atoms with Crippen LogP contribution in [0.1, 0.15) is 19.4 Å². The van der Waals surface area contributed by atoms with Crippen molar-refractivity contribution in [2.45, 2.75) is 19.4 Å². The Hall–Kier alpha value is -1.39. The normalized spacial score (nSPS) is 23.2. The monoisotopic (exact) mass is 253 g/mol. The number of amides is 1. The molecule has 90 valence electrons. The van der Waals surface area contributed by atoms with Gasteiger partial charge in [0.15, 0.2) is 5.60 Å². The zero-order valence-corrected chi connectivity index (χ0v) is 10.2. The Labute approximate surface area is 104 Å². The van der Waals surface area contributed by atoms with Crippen LogP contribution in [-0.2, 0) is 15.2 Å². The fourth-order valence-corrected chi connectivity index (χ4v) is 2.16. The van der Waals surface area contributed by atoms with Crippen LogP contribution in [0, 0.1) is 5.41 Å². The summed E-state index contributed by atoms with van der Waals surface area (Å²) in [4.78, 5) is 23.0. The van der Waals surface area contributed by atoms with Gasteiger partial charge in [0.2, 0.25) is 0 Å². The summed E-state index contributed by atoms with van der Waals surface area (Å²) in [6.45, 7) is 3.02. The molecule has 0 unspecified atom stereocenters. The largest absolute Gasteiger partial charge is 0.374 e. The molecular weight excluding hydrogens is 242 g/mol. The zero-order chi connectivity index (χ0) is 12.8. The van der Waals surface area contributed by atoms with Crippen molar-refractivity contribution >= 4 is 29.5 Å². The van der Waals surface area contributed by atoms with E-state index < -0.39 is 16.9 Å². The van der Waals surface area contributed by atoms with Crippen LogP contribution in [0.15, 0.2) is 18.2 Å². The first-order chi connectivity index (χ1) is 7.83. The Morgan fingerprint density at radius 3 is 2.71 bits per heavy atom. The van der Waals surface area contributed by atoms with Gasteiger partial charge in [-0.25, -0.2) is 0 Å². The maximum Gasteiger partial charge on any atom is 0.262 e. The molecule has 1 heterocycles. The van der Waals surface area contributed by atoms with Crippen LogP contribution in [0.25, 0.3) is 0 Å². The second kappa shape index (κ2) is 3.55. The van der Waals surface area contributed by atoms with Gasteiger partial charge in [0.1, 0.15) is 6.29 Å². The maximum absolute atomic E-state index is 11.9. The maximum atomic E-state index is 11.9. The summed E-state index contributed by atoms with van der Waals surface area (Å²) in [5.41, 5.74) is -2.29. The van der Waals surface area contributed by atoms with Crippen LogP contribution in [0.5, 0.6) is 0 Å². The summed E-state index contributed by atoms with van der Waals surface area (Å²) < 4.78 is 0. The Balaban J connectivity index is 2.69. The van der Waals surface area contributed by atoms with Crippen molar-refractivity contribution in [1.29, 1.82) is 0 Å². The first-order valence-corrected chi connectivity index (χ1v) is 5.51. The minimum Gasteiger partial charge on any atom is -0.374 e. The minimum absolute atomic E-state index is 0.340. The van der Waals surface area contributed by atoms with E-state index in [0.29, 0.717) is 22.6 Å². The van der Waals surface area contributed by atoms with Crippen LogP contribution < -0.4 is 5.32 Å². The summed E-state index contributed by atoms with van der Waals surface area (Å²) in [6.07, 6.45) is 0.572. The highest BCUT2D eigenvalue weighted by molar-refractivity contribution is 6.31. The molecule has 1 aromatic carbocycles. The molecular formula is C12H12ClNO3. The summed E-state index contributed by atoms with van der Waals surface area (Å²) in [6, 6.07) is 4.72. The Bertz CT molecular complexity index is 512. The molecule has 1 aromatic rings. The minimum atomic E-state index is -1.88. The SMILES string of the molecule is CC(C)(C=O)[C@]1(O)C(=O)Nc2ccc(Cl)cc21. The lowest BCUT2D eigenvalue weighted by Crippen LogP contribution is -2.48. The lowest BCUT2D eigenvalue weighted by atomic mass is 9.72. The molecule has 2 rings (SSSR count). The lowest BCUT2D eigenvalue weighted by molar-refractivity contribution is -0.152. The Kier molecular flexibility index (Phi) is 2.52. The van der Waals surface area contributed by atoms with E-state index >= 15 is 0 Å². The highest BCUT2D eigenvalue weighted by Crippen LogP contribution is 2.47. The number of aliphatic hydroxyl groups is 1.